The first-order valence-corrected chi connectivity index (χ1v) is 4.76. The van der Waals surface area contributed by atoms with E-state index in [1.54, 1.807) is 0 Å². The molecule has 0 unspecified atom stereocenters. The van der Waals surface area contributed by atoms with Gasteiger partial charge in [-0.3, -0.25) is 4.79 Å². The number of benzene rings is 1. The fourth-order valence-corrected chi connectivity index (χ4v) is 1.80. The van der Waals surface area contributed by atoms with Crippen molar-refractivity contribution in [3.8, 4) is 5.75 Å². The molecule has 0 atom stereocenters. The van der Waals surface area contributed by atoms with Gasteiger partial charge in [0.1, 0.15) is 12.4 Å². The van der Waals surface area contributed by atoms with Crippen LogP contribution < -0.4 is 4.74 Å². The molecule has 3 heteroatoms. The summed E-state index contributed by atoms with van der Waals surface area (Å²) < 4.78 is 6.38. The fourth-order valence-electron chi connectivity index (χ4n) is 1.25. The van der Waals surface area contributed by atoms with E-state index in [9.17, 15) is 4.79 Å². The van der Waals surface area contributed by atoms with Crippen molar-refractivity contribution in [3.63, 3.8) is 0 Å². The molecule has 2 rings (SSSR count). The number of ether oxygens (including phenoxy) is 1. The first-order chi connectivity index (χ1) is 5.75. The van der Waals surface area contributed by atoms with E-state index in [0.717, 1.165) is 14.9 Å². The monoisotopic (exact) mass is 274 g/mol. The summed E-state index contributed by atoms with van der Waals surface area (Å²) in [7, 11) is 0. The second kappa shape index (κ2) is 3.05. The van der Waals surface area contributed by atoms with Crippen LogP contribution in [0.25, 0.3) is 0 Å². The predicted octanol–water partition coefficient (Wildman–Crippen LogP) is 1.80. The van der Waals surface area contributed by atoms with Crippen molar-refractivity contribution in [2.45, 2.75) is 6.42 Å². The van der Waals surface area contributed by atoms with Gasteiger partial charge in [0.25, 0.3) is 0 Å². The van der Waals surface area contributed by atoms with E-state index in [1.807, 2.05) is 18.2 Å². The normalized spacial score (nSPS) is 15.2. The van der Waals surface area contributed by atoms with E-state index in [-0.39, 0.29) is 12.4 Å². The molecular formula is C9H7IO2. The van der Waals surface area contributed by atoms with Gasteiger partial charge in [-0.1, -0.05) is 0 Å². The molecule has 1 aromatic rings. The van der Waals surface area contributed by atoms with Crippen LogP contribution in [0.15, 0.2) is 18.2 Å². The minimum atomic E-state index is 0.157. The van der Waals surface area contributed by atoms with Crippen molar-refractivity contribution in [3.05, 3.63) is 27.3 Å². The summed E-state index contributed by atoms with van der Waals surface area (Å²) in [5.74, 6) is 1.01. The minimum absolute atomic E-state index is 0.157. The van der Waals surface area contributed by atoms with Gasteiger partial charge in [0.15, 0.2) is 5.78 Å². The Balaban J connectivity index is 2.44. The zero-order valence-electron chi connectivity index (χ0n) is 6.34. The lowest BCUT2D eigenvalue weighted by Crippen LogP contribution is -2.20. The molecule has 62 valence electrons. The summed E-state index contributed by atoms with van der Waals surface area (Å²) in [5.41, 5.74) is 1.01. The zero-order chi connectivity index (χ0) is 8.55. The molecule has 0 aromatic heterocycles. The first kappa shape index (κ1) is 8.04. The molecule has 12 heavy (non-hydrogen) atoms. The Hall–Kier alpha value is -0.580. The zero-order valence-corrected chi connectivity index (χ0v) is 8.50. The molecule has 1 aliphatic rings. The summed E-state index contributed by atoms with van der Waals surface area (Å²) in [6.45, 7) is 0.230. The standard InChI is InChI=1S/C9H7IO2/c10-7-1-2-9-6(3-7)4-8(11)5-12-9/h1-3H,4-5H2. The molecule has 0 bridgehead atoms. The summed E-state index contributed by atoms with van der Waals surface area (Å²) in [4.78, 5) is 11.0. The van der Waals surface area contributed by atoms with Crippen LogP contribution in [0.1, 0.15) is 5.56 Å². The van der Waals surface area contributed by atoms with Crippen LogP contribution in [0.4, 0.5) is 0 Å². The van der Waals surface area contributed by atoms with Gasteiger partial charge in [0.05, 0.1) is 0 Å². The largest absolute Gasteiger partial charge is 0.486 e. The van der Waals surface area contributed by atoms with Gasteiger partial charge in [-0.15, -0.1) is 0 Å². The number of hydrogen-bond donors (Lipinski definition) is 0. The van der Waals surface area contributed by atoms with Crippen LogP contribution in [-0.4, -0.2) is 12.4 Å². The van der Waals surface area contributed by atoms with Gasteiger partial charge in [0, 0.05) is 15.6 Å². The van der Waals surface area contributed by atoms with Crippen LogP contribution in [-0.2, 0) is 11.2 Å². The molecular weight excluding hydrogens is 267 g/mol. The quantitative estimate of drug-likeness (QED) is 0.674. The van der Waals surface area contributed by atoms with E-state index in [2.05, 4.69) is 22.6 Å². The van der Waals surface area contributed by atoms with E-state index in [4.69, 9.17) is 4.74 Å². The van der Waals surface area contributed by atoms with Gasteiger partial charge >= 0.3 is 0 Å². The number of Topliss-reactive ketones (excluding diaryl/α,β-unsaturated/α-hetero) is 1. The number of carbonyl (C=O) groups is 1. The number of halogens is 1. The van der Waals surface area contributed by atoms with Crippen LogP contribution in [0.2, 0.25) is 0 Å². The van der Waals surface area contributed by atoms with E-state index in [0.29, 0.717) is 6.42 Å². The Labute approximate surface area is 84.1 Å². The van der Waals surface area contributed by atoms with Crippen molar-refractivity contribution >= 4 is 28.4 Å². The van der Waals surface area contributed by atoms with Gasteiger partial charge in [-0.05, 0) is 40.8 Å². The molecule has 1 aliphatic heterocycles. The molecule has 0 saturated carbocycles. The number of fused-ring (bicyclic) bond motifs is 1. The van der Waals surface area contributed by atoms with Gasteiger partial charge in [0.2, 0.25) is 0 Å². The topological polar surface area (TPSA) is 26.3 Å². The van der Waals surface area contributed by atoms with Crippen molar-refractivity contribution in [2.75, 3.05) is 6.61 Å². The van der Waals surface area contributed by atoms with E-state index >= 15 is 0 Å². The average Bonchev–Trinajstić information content (AvgIpc) is 2.03. The number of carbonyl (C=O) groups excluding carboxylic acids is 1. The van der Waals surface area contributed by atoms with Crippen molar-refractivity contribution in [1.29, 1.82) is 0 Å². The molecule has 0 amide bonds. The Kier molecular flexibility index (Phi) is 2.04. The number of hydrogen-bond acceptors (Lipinski definition) is 2. The average molecular weight is 274 g/mol. The molecule has 0 fully saturated rings. The first-order valence-electron chi connectivity index (χ1n) is 3.68. The maximum atomic E-state index is 11.0. The lowest BCUT2D eigenvalue weighted by Gasteiger charge is -2.15. The molecule has 0 spiro atoms. The highest BCUT2D eigenvalue weighted by Gasteiger charge is 2.15. The maximum absolute atomic E-state index is 11.0. The number of ketones is 1. The summed E-state index contributed by atoms with van der Waals surface area (Å²) in [5, 5.41) is 0. The summed E-state index contributed by atoms with van der Waals surface area (Å²) >= 11 is 2.23. The van der Waals surface area contributed by atoms with Crippen LogP contribution in [0.5, 0.6) is 5.75 Å². The SMILES string of the molecule is O=C1COc2ccc(I)cc2C1. The second-order valence-corrected chi connectivity index (χ2v) is 4.00. The van der Waals surface area contributed by atoms with Gasteiger partial charge in [-0.25, -0.2) is 0 Å². The predicted molar refractivity (Wildman–Crippen MR) is 53.4 cm³/mol. The Morgan fingerprint density at radius 1 is 1.42 bits per heavy atom. The van der Waals surface area contributed by atoms with Gasteiger partial charge < -0.3 is 4.74 Å². The smallest absolute Gasteiger partial charge is 0.174 e. The lowest BCUT2D eigenvalue weighted by molar-refractivity contribution is -0.121. The molecule has 1 aromatic carbocycles. The Bertz CT molecular complexity index is 333. The molecule has 1 heterocycles. The van der Waals surface area contributed by atoms with Crippen LogP contribution in [0, 0.1) is 3.57 Å². The highest BCUT2D eigenvalue weighted by molar-refractivity contribution is 14.1. The second-order valence-electron chi connectivity index (χ2n) is 2.76. The number of rotatable bonds is 0. The molecule has 0 saturated heterocycles. The van der Waals surface area contributed by atoms with Crippen molar-refractivity contribution in [2.24, 2.45) is 0 Å². The van der Waals surface area contributed by atoms with E-state index < -0.39 is 0 Å². The third-order valence-electron chi connectivity index (χ3n) is 1.80. The lowest BCUT2D eigenvalue weighted by atomic mass is 10.1. The van der Waals surface area contributed by atoms with Crippen LogP contribution >= 0.6 is 22.6 Å². The fraction of sp³-hybridized carbons (Fsp3) is 0.222. The Morgan fingerprint density at radius 2 is 2.25 bits per heavy atom. The molecule has 0 aliphatic carbocycles. The van der Waals surface area contributed by atoms with Crippen molar-refractivity contribution in [1.82, 2.24) is 0 Å². The molecule has 0 N–H and O–H groups in total. The summed E-state index contributed by atoms with van der Waals surface area (Å²) in [6.07, 6.45) is 0.520. The van der Waals surface area contributed by atoms with Gasteiger partial charge in [-0.2, -0.15) is 0 Å². The minimum Gasteiger partial charge on any atom is -0.486 e. The highest BCUT2D eigenvalue weighted by atomic mass is 127. The van der Waals surface area contributed by atoms with Crippen LogP contribution in [0.3, 0.4) is 0 Å². The maximum Gasteiger partial charge on any atom is 0.174 e. The highest BCUT2D eigenvalue weighted by Crippen LogP contribution is 2.24. The van der Waals surface area contributed by atoms with Crippen molar-refractivity contribution < 1.29 is 9.53 Å². The molecule has 0 radical (unpaired) electrons. The summed E-state index contributed by atoms with van der Waals surface area (Å²) in [6, 6.07) is 5.89. The third-order valence-corrected chi connectivity index (χ3v) is 2.47. The van der Waals surface area contributed by atoms with E-state index in [1.165, 1.54) is 0 Å². The Morgan fingerprint density at radius 3 is 3.08 bits per heavy atom. The molecule has 2 nitrogen and oxygen atoms in total. The third kappa shape index (κ3) is 1.46.